The Morgan fingerprint density at radius 1 is 1.13 bits per heavy atom. The number of carboxylic acids is 1. The molecular formula is C18H17NO4. The molecule has 118 valence electrons. The van der Waals surface area contributed by atoms with Crippen molar-refractivity contribution in [2.75, 3.05) is 14.2 Å². The third kappa shape index (κ3) is 2.44. The number of methoxy groups -OCH3 is 1. The SMILES string of the molecule is COc1ccc([C@@H]2[C@H](C(=O)O)c3ccccc3C(=O)N2C)cc1. The summed E-state index contributed by atoms with van der Waals surface area (Å²) < 4.78 is 5.14. The maximum absolute atomic E-state index is 12.6. The van der Waals surface area contributed by atoms with Gasteiger partial charge in [0.25, 0.3) is 5.91 Å². The average molecular weight is 311 g/mol. The highest BCUT2D eigenvalue weighted by atomic mass is 16.5. The molecule has 23 heavy (non-hydrogen) atoms. The first kappa shape index (κ1) is 15.1. The summed E-state index contributed by atoms with van der Waals surface area (Å²) in [4.78, 5) is 26.0. The molecule has 1 heterocycles. The molecule has 5 nitrogen and oxygen atoms in total. The number of fused-ring (bicyclic) bond motifs is 1. The highest BCUT2D eigenvalue weighted by molar-refractivity contribution is 6.00. The van der Waals surface area contributed by atoms with Gasteiger partial charge in [-0.05, 0) is 29.3 Å². The van der Waals surface area contributed by atoms with Gasteiger partial charge in [-0.25, -0.2) is 0 Å². The molecule has 5 heteroatoms. The quantitative estimate of drug-likeness (QED) is 0.946. The first-order valence-electron chi connectivity index (χ1n) is 7.27. The van der Waals surface area contributed by atoms with Crippen LogP contribution in [0.2, 0.25) is 0 Å². The maximum atomic E-state index is 12.6. The predicted molar refractivity (Wildman–Crippen MR) is 84.6 cm³/mol. The molecule has 1 aliphatic heterocycles. The van der Waals surface area contributed by atoms with Crippen LogP contribution in [0.5, 0.6) is 5.75 Å². The van der Waals surface area contributed by atoms with Crippen LogP contribution >= 0.6 is 0 Å². The van der Waals surface area contributed by atoms with Gasteiger partial charge in [-0.2, -0.15) is 0 Å². The molecule has 3 rings (SSSR count). The van der Waals surface area contributed by atoms with Gasteiger partial charge in [-0.3, -0.25) is 9.59 Å². The molecule has 0 saturated carbocycles. The fraction of sp³-hybridized carbons (Fsp3) is 0.222. The highest BCUT2D eigenvalue weighted by Gasteiger charge is 2.42. The number of benzene rings is 2. The number of carboxylic acid groups (broad SMARTS) is 1. The minimum atomic E-state index is -0.947. The Morgan fingerprint density at radius 2 is 1.78 bits per heavy atom. The number of amides is 1. The van der Waals surface area contributed by atoms with Gasteiger partial charge in [0, 0.05) is 12.6 Å². The lowest BCUT2D eigenvalue weighted by Gasteiger charge is -2.38. The first-order valence-corrected chi connectivity index (χ1v) is 7.27. The minimum absolute atomic E-state index is 0.168. The molecular weight excluding hydrogens is 294 g/mol. The van der Waals surface area contributed by atoms with Crippen LogP contribution in [0.25, 0.3) is 0 Å². The molecule has 0 unspecified atom stereocenters. The lowest BCUT2D eigenvalue weighted by atomic mass is 9.80. The van der Waals surface area contributed by atoms with Crippen molar-refractivity contribution >= 4 is 11.9 Å². The largest absolute Gasteiger partial charge is 0.497 e. The summed E-state index contributed by atoms with van der Waals surface area (Å²) in [6.45, 7) is 0. The Balaban J connectivity index is 2.14. The Kier molecular flexibility index (Phi) is 3.78. The molecule has 1 N–H and O–H groups in total. The van der Waals surface area contributed by atoms with E-state index in [1.54, 1.807) is 62.7 Å². The van der Waals surface area contributed by atoms with Crippen LogP contribution in [0, 0.1) is 0 Å². The van der Waals surface area contributed by atoms with Crippen LogP contribution in [-0.4, -0.2) is 36.0 Å². The molecule has 0 spiro atoms. The topological polar surface area (TPSA) is 66.8 Å². The lowest BCUT2D eigenvalue weighted by Crippen LogP contribution is -2.42. The summed E-state index contributed by atoms with van der Waals surface area (Å²) in [5, 5.41) is 9.76. The van der Waals surface area contributed by atoms with E-state index < -0.39 is 17.9 Å². The molecule has 0 radical (unpaired) electrons. The zero-order valence-corrected chi connectivity index (χ0v) is 12.9. The molecule has 0 aliphatic carbocycles. The number of hydrogen-bond acceptors (Lipinski definition) is 3. The van der Waals surface area contributed by atoms with Crippen LogP contribution in [0.4, 0.5) is 0 Å². The monoisotopic (exact) mass is 311 g/mol. The Labute approximate surface area is 134 Å². The number of hydrogen-bond donors (Lipinski definition) is 1. The zero-order valence-electron chi connectivity index (χ0n) is 12.9. The second-order valence-corrected chi connectivity index (χ2v) is 5.54. The number of likely N-dealkylation sites (N-methyl/N-ethyl adjacent to an activating group) is 1. The fourth-order valence-electron chi connectivity index (χ4n) is 3.16. The fourth-order valence-corrected chi connectivity index (χ4v) is 3.16. The van der Waals surface area contributed by atoms with Gasteiger partial charge in [0.2, 0.25) is 0 Å². The van der Waals surface area contributed by atoms with E-state index in [2.05, 4.69) is 0 Å². The molecule has 1 aliphatic rings. The predicted octanol–water partition coefficient (Wildman–Crippen LogP) is 2.69. The summed E-state index contributed by atoms with van der Waals surface area (Å²) >= 11 is 0. The van der Waals surface area contributed by atoms with Gasteiger partial charge in [0.15, 0.2) is 0 Å². The second-order valence-electron chi connectivity index (χ2n) is 5.54. The van der Waals surface area contributed by atoms with E-state index in [1.165, 1.54) is 4.90 Å². The van der Waals surface area contributed by atoms with Crippen LogP contribution in [0.15, 0.2) is 48.5 Å². The molecule has 1 amide bonds. The third-order valence-electron chi connectivity index (χ3n) is 4.30. The van der Waals surface area contributed by atoms with Gasteiger partial charge in [-0.15, -0.1) is 0 Å². The van der Waals surface area contributed by atoms with Gasteiger partial charge in [0.1, 0.15) is 11.7 Å². The molecule has 2 atom stereocenters. The normalized spacial score (nSPS) is 20.1. The van der Waals surface area contributed by atoms with Crippen molar-refractivity contribution in [1.29, 1.82) is 0 Å². The lowest BCUT2D eigenvalue weighted by molar-refractivity contribution is -0.140. The summed E-state index contributed by atoms with van der Waals surface area (Å²) in [5.41, 5.74) is 1.78. The number of carbonyl (C=O) groups excluding carboxylic acids is 1. The minimum Gasteiger partial charge on any atom is -0.497 e. The number of carbonyl (C=O) groups is 2. The van der Waals surface area contributed by atoms with Crippen LogP contribution in [0.1, 0.15) is 33.4 Å². The Bertz CT molecular complexity index is 754. The van der Waals surface area contributed by atoms with Crippen molar-refractivity contribution in [1.82, 2.24) is 4.90 Å². The molecule has 0 bridgehead atoms. The van der Waals surface area contributed by atoms with Crippen molar-refractivity contribution in [2.24, 2.45) is 0 Å². The Morgan fingerprint density at radius 3 is 2.39 bits per heavy atom. The molecule has 2 aromatic carbocycles. The molecule has 0 aromatic heterocycles. The van der Waals surface area contributed by atoms with Crippen LogP contribution < -0.4 is 4.74 Å². The average Bonchev–Trinajstić information content (AvgIpc) is 2.57. The van der Waals surface area contributed by atoms with E-state index in [-0.39, 0.29) is 5.91 Å². The second kappa shape index (κ2) is 5.76. The Hall–Kier alpha value is -2.82. The van der Waals surface area contributed by atoms with E-state index in [4.69, 9.17) is 4.74 Å². The van der Waals surface area contributed by atoms with Crippen molar-refractivity contribution in [3.05, 3.63) is 65.2 Å². The van der Waals surface area contributed by atoms with E-state index in [9.17, 15) is 14.7 Å². The highest BCUT2D eigenvalue weighted by Crippen LogP contribution is 2.42. The number of ether oxygens (including phenoxy) is 1. The molecule has 0 saturated heterocycles. The number of rotatable bonds is 3. The third-order valence-corrected chi connectivity index (χ3v) is 4.30. The summed E-state index contributed by atoms with van der Waals surface area (Å²) in [6.07, 6.45) is 0. The van der Waals surface area contributed by atoms with Gasteiger partial charge >= 0.3 is 5.97 Å². The van der Waals surface area contributed by atoms with Gasteiger partial charge < -0.3 is 14.7 Å². The van der Waals surface area contributed by atoms with Crippen molar-refractivity contribution < 1.29 is 19.4 Å². The first-order chi connectivity index (χ1) is 11.0. The van der Waals surface area contributed by atoms with Crippen molar-refractivity contribution in [3.63, 3.8) is 0 Å². The van der Waals surface area contributed by atoms with E-state index in [1.807, 2.05) is 0 Å². The van der Waals surface area contributed by atoms with Crippen LogP contribution in [0.3, 0.4) is 0 Å². The summed E-state index contributed by atoms with van der Waals surface area (Å²) in [5.74, 6) is -1.23. The van der Waals surface area contributed by atoms with Crippen molar-refractivity contribution in [3.8, 4) is 5.75 Å². The van der Waals surface area contributed by atoms with E-state index in [0.29, 0.717) is 16.9 Å². The summed E-state index contributed by atoms with van der Waals surface area (Å²) in [6, 6.07) is 13.5. The number of aliphatic carboxylic acids is 1. The smallest absolute Gasteiger partial charge is 0.313 e. The maximum Gasteiger partial charge on any atom is 0.313 e. The van der Waals surface area contributed by atoms with Crippen LogP contribution in [-0.2, 0) is 4.79 Å². The molecule has 0 fully saturated rings. The van der Waals surface area contributed by atoms with Gasteiger partial charge in [-0.1, -0.05) is 30.3 Å². The standard InChI is InChI=1S/C18H17NO4/c1-19-16(11-7-9-12(23-2)10-8-11)15(18(21)22)13-5-3-4-6-14(13)17(19)20/h3-10,15-16H,1-2H3,(H,21,22)/t15-,16-/m1/s1. The summed E-state index contributed by atoms with van der Waals surface area (Å²) in [7, 11) is 3.21. The van der Waals surface area contributed by atoms with Gasteiger partial charge in [0.05, 0.1) is 13.2 Å². The van der Waals surface area contributed by atoms with E-state index in [0.717, 1.165) is 5.56 Å². The zero-order chi connectivity index (χ0) is 16.6. The van der Waals surface area contributed by atoms with E-state index >= 15 is 0 Å². The molecule has 2 aromatic rings. The van der Waals surface area contributed by atoms with Crippen molar-refractivity contribution in [2.45, 2.75) is 12.0 Å². The number of nitrogens with zero attached hydrogens (tertiary/aromatic N) is 1.